The Labute approximate surface area is 206 Å². The van der Waals surface area contributed by atoms with Crippen LogP contribution in [0.3, 0.4) is 0 Å². The van der Waals surface area contributed by atoms with Gasteiger partial charge in [-0.1, -0.05) is 81.1 Å². The Hall–Kier alpha value is -3.35. The Balaban J connectivity index is 1.31. The molecule has 4 rings (SSSR count). The number of carboxylic acids is 1. The Morgan fingerprint density at radius 2 is 1.57 bits per heavy atom. The molecule has 2 aromatic rings. The molecule has 0 heterocycles. The van der Waals surface area contributed by atoms with Crippen molar-refractivity contribution in [1.29, 1.82) is 0 Å². The van der Waals surface area contributed by atoms with E-state index in [1.807, 2.05) is 36.4 Å². The third-order valence-electron chi connectivity index (χ3n) is 7.32. The molecule has 7 nitrogen and oxygen atoms in total. The molecule has 7 heteroatoms. The van der Waals surface area contributed by atoms with E-state index in [-0.39, 0.29) is 12.5 Å². The van der Waals surface area contributed by atoms with Crippen LogP contribution in [0.2, 0.25) is 0 Å². The quantitative estimate of drug-likeness (QED) is 0.485. The lowest BCUT2D eigenvalue weighted by Crippen LogP contribution is -2.48. The van der Waals surface area contributed by atoms with Crippen molar-refractivity contribution in [1.82, 2.24) is 10.6 Å². The number of ether oxygens (including phenoxy) is 1. The molecule has 0 aromatic heterocycles. The number of nitrogens with one attached hydrogen (secondary N) is 2. The van der Waals surface area contributed by atoms with Crippen LogP contribution in [0.5, 0.6) is 0 Å². The molecule has 186 valence electrons. The van der Waals surface area contributed by atoms with Crippen LogP contribution in [0, 0.1) is 11.8 Å². The lowest BCUT2D eigenvalue weighted by Gasteiger charge is -2.26. The molecular formula is C28H34N2O5. The van der Waals surface area contributed by atoms with Crippen molar-refractivity contribution in [3.8, 4) is 11.1 Å². The molecule has 2 aliphatic carbocycles. The van der Waals surface area contributed by atoms with Crippen LogP contribution in [-0.2, 0) is 14.3 Å². The van der Waals surface area contributed by atoms with Gasteiger partial charge in [0.1, 0.15) is 12.6 Å². The molecule has 3 N–H and O–H groups in total. The number of hydrogen-bond donors (Lipinski definition) is 3. The Bertz CT molecular complexity index is 1020. The summed E-state index contributed by atoms with van der Waals surface area (Å²) in [6.07, 6.45) is 4.31. The molecule has 1 fully saturated rings. The normalized spacial score (nSPS) is 19.8. The van der Waals surface area contributed by atoms with E-state index in [9.17, 15) is 19.5 Å². The third kappa shape index (κ3) is 6.21. The van der Waals surface area contributed by atoms with Gasteiger partial charge < -0.3 is 20.5 Å². The van der Waals surface area contributed by atoms with Gasteiger partial charge in [-0.15, -0.1) is 0 Å². The van der Waals surface area contributed by atoms with E-state index in [1.165, 1.54) is 12.8 Å². The molecule has 2 aliphatic rings. The van der Waals surface area contributed by atoms with Crippen LogP contribution >= 0.6 is 0 Å². The molecule has 2 aromatic carbocycles. The molecule has 0 bridgehead atoms. The Kier molecular flexibility index (Phi) is 8.06. The SMILES string of the molecule is CC1CCC(CCNC(=O)C(CC(=O)O)NC(=O)OCC2c3ccccc3-c3ccccc32)CC1. The van der Waals surface area contributed by atoms with Gasteiger partial charge >= 0.3 is 12.1 Å². The Morgan fingerprint density at radius 1 is 0.971 bits per heavy atom. The maximum absolute atomic E-state index is 12.7. The second-order valence-electron chi connectivity index (χ2n) is 9.83. The molecule has 0 radical (unpaired) electrons. The highest BCUT2D eigenvalue weighted by molar-refractivity contribution is 5.89. The van der Waals surface area contributed by atoms with Gasteiger partial charge in [-0.25, -0.2) is 4.79 Å². The third-order valence-corrected chi connectivity index (χ3v) is 7.32. The summed E-state index contributed by atoms with van der Waals surface area (Å²) in [5.74, 6) is -0.421. The largest absolute Gasteiger partial charge is 0.481 e. The minimum absolute atomic E-state index is 0.0986. The van der Waals surface area contributed by atoms with Crippen LogP contribution in [0.1, 0.15) is 62.5 Å². The predicted molar refractivity (Wildman–Crippen MR) is 133 cm³/mol. The van der Waals surface area contributed by atoms with Crippen LogP contribution in [-0.4, -0.2) is 42.3 Å². The van der Waals surface area contributed by atoms with E-state index < -0.39 is 30.4 Å². The number of carbonyl (C=O) groups excluding carboxylic acids is 2. The average molecular weight is 479 g/mol. The van der Waals surface area contributed by atoms with E-state index in [0.717, 1.165) is 47.4 Å². The van der Waals surface area contributed by atoms with Gasteiger partial charge in [-0.2, -0.15) is 0 Å². The van der Waals surface area contributed by atoms with Crippen molar-refractivity contribution in [2.45, 2.75) is 57.4 Å². The summed E-state index contributed by atoms with van der Waals surface area (Å²) in [7, 11) is 0. The lowest BCUT2D eigenvalue weighted by molar-refractivity contribution is -0.139. The van der Waals surface area contributed by atoms with Crippen LogP contribution in [0.25, 0.3) is 11.1 Å². The zero-order chi connectivity index (χ0) is 24.8. The number of benzene rings is 2. The second kappa shape index (κ2) is 11.4. The summed E-state index contributed by atoms with van der Waals surface area (Å²) >= 11 is 0. The van der Waals surface area contributed by atoms with Crippen LogP contribution in [0.15, 0.2) is 48.5 Å². The minimum Gasteiger partial charge on any atom is -0.481 e. The van der Waals surface area contributed by atoms with Gasteiger partial charge in [0.05, 0.1) is 6.42 Å². The van der Waals surface area contributed by atoms with E-state index >= 15 is 0 Å². The summed E-state index contributed by atoms with van der Waals surface area (Å²) < 4.78 is 5.49. The zero-order valence-electron chi connectivity index (χ0n) is 20.2. The number of hydrogen-bond acceptors (Lipinski definition) is 4. The number of carbonyl (C=O) groups is 3. The first-order chi connectivity index (χ1) is 16.9. The molecule has 35 heavy (non-hydrogen) atoms. The molecule has 0 aliphatic heterocycles. The first kappa shape index (κ1) is 24.8. The highest BCUT2D eigenvalue weighted by Crippen LogP contribution is 2.44. The molecule has 1 unspecified atom stereocenters. The smallest absolute Gasteiger partial charge is 0.407 e. The fourth-order valence-corrected chi connectivity index (χ4v) is 5.31. The van der Waals surface area contributed by atoms with E-state index in [1.54, 1.807) is 0 Å². The van der Waals surface area contributed by atoms with Crippen molar-refractivity contribution < 1.29 is 24.2 Å². The van der Waals surface area contributed by atoms with Gasteiger partial charge in [-0.3, -0.25) is 9.59 Å². The zero-order valence-corrected chi connectivity index (χ0v) is 20.2. The summed E-state index contributed by atoms with van der Waals surface area (Å²) in [5.41, 5.74) is 4.40. The van der Waals surface area contributed by atoms with Crippen molar-refractivity contribution in [2.75, 3.05) is 13.2 Å². The average Bonchev–Trinajstić information content (AvgIpc) is 3.17. The Morgan fingerprint density at radius 3 is 2.17 bits per heavy atom. The van der Waals surface area contributed by atoms with E-state index in [2.05, 4.69) is 29.7 Å². The lowest BCUT2D eigenvalue weighted by atomic mass is 9.81. The molecule has 1 saturated carbocycles. The number of alkyl carbamates (subject to hydrolysis) is 1. The maximum atomic E-state index is 12.7. The first-order valence-corrected chi connectivity index (χ1v) is 12.5. The van der Waals surface area contributed by atoms with Gasteiger partial charge in [0.15, 0.2) is 0 Å². The first-order valence-electron chi connectivity index (χ1n) is 12.5. The van der Waals surface area contributed by atoms with E-state index in [4.69, 9.17) is 4.74 Å². The van der Waals surface area contributed by atoms with Crippen molar-refractivity contribution in [3.05, 3.63) is 59.7 Å². The van der Waals surface area contributed by atoms with Crippen LogP contribution in [0.4, 0.5) is 4.79 Å². The fourth-order valence-electron chi connectivity index (χ4n) is 5.31. The predicted octanol–water partition coefficient (Wildman–Crippen LogP) is 4.70. The summed E-state index contributed by atoms with van der Waals surface area (Å²) in [6.45, 7) is 2.84. The standard InChI is InChI=1S/C28H34N2O5/c1-18-10-12-19(13-11-18)14-15-29-27(33)25(16-26(31)32)30-28(34)35-17-24-22-8-4-2-6-20(22)21-7-3-5-9-23(21)24/h2-9,18-19,24-25H,10-17H2,1H3,(H,29,33)(H,30,34)(H,31,32). The summed E-state index contributed by atoms with van der Waals surface area (Å²) in [5, 5.41) is 14.5. The van der Waals surface area contributed by atoms with Gasteiger partial charge in [0, 0.05) is 12.5 Å². The molecule has 1 atom stereocenters. The van der Waals surface area contributed by atoms with Gasteiger partial charge in [-0.05, 0) is 40.5 Å². The number of fused-ring (bicyclic) bond motifs is 3. The number of aliphatic carboxylic acids is 1. The number of rotatable bonds is 9. The highest BCUT2D eigenvalue weighted by atomic mass is 16.5. The van der Waals surface area contributed by atoms with Gasteiger partial charge in [0.2, 0.25) is 5.91 Å². The van der Waals surface area contributed by atoms with Crippen molar-refractivity contribution in [2.24, 2.45) is 11.8 Å². The monoisotopic (exact) mass is 478 g/mol. The summed E-state index contributed by atoms with van der Waals surface area (Å²) in [6, 6.07) is 14.8. The second-order valence-corrected chi connectivity index (χ2v) is 9.83. The number of carboxylic acid groups (broad SMARTS) is 1. The minimum atomic E-state index is -1.19. The molecule has 0 saturated heterocycles. The van der Waals surface area contributed by atoms with Crippen LogP contribution < -0.4 is 10.6 Å². The van der Waals surface area contributed by atoms with E-state index in [0.29, 0.717) is 12.5 Å². The van der Waals surface area contributed by atoms with Crippen molar-refractivity contribution in [3.63, 3.8) is 0 Å². The highest BCUT2D eigenvalue weighted by Gasteiger charge is 2.30. The maximum Gasteiger partial charge on any atom is 0.407 e. The molecular weight excluding hydrogens is 444 g/mol. The topological polar surface area (TPSA) is 105 Å². The van der Waals surface area contributed by atoms with Crippen molar-refractivity contribution >= 4 is 18.0 Å². The molecule has 0 spiro atoms. The summed E-state index contributed by atoms with van der Waals surface area (Å²) in [4.78, 5) is 36.5. The molecule has 2 amide bonds. The number of amides is 2. The van der Waals surface area contributed by atoms with Gasteiger partial charge in [0.25, 0.3) is 0 Å². The fraction of sp³-hybridized carbons (Fsp3) is 0.464.